The molecular formula is C16H19N3S. The highest BCUT2D eigenvalue weighted by molar-refractivity contribution is 7.80. The molecule has 0 bridgehead atoms. The minimum atomic E-state index is 0.600. The van der Waals surface area contributed by atoms with E-state index in [4.69, 9.17) is 12.2 Å². The highest BCUT2D eigenvalue weighted by Gasteiger charge is 2.25. The zero-order valence-corrected chi connectivity index (χ0v) is 12.2. The van der Waals surface area contributed by atoms with Gasteiger partial charge in [-0.1, -0.05) is 30.3 Å². The Hall–Kier alpha value is -1.81. The van der Waals surface area contributed by atoms with Crippen molar-refractivity contribution in [3.05, 3.63) is 59.9 Å². The number of nitrogens with one attached hydrogen (secondary N) is 2. The van der Waals surface area contributed by atoms with Crippen molar-refractivity contribution in [2.45, 2.75) is 18.9 Å². The second-order valence-corrected chi connectivity index (χ2v) is 5.61. The van der Waals surface area contributed by atoms with E-state index in [1.54, 1.807) is 0 Å². The van der Waals surface area contributed by atoms with E-state index in [0.29, 0.717) is 5.92 Å². The van der Waals surface area contributed by atoms with Gasteiger partial charge in [-0.05, 0) is 35.8 Å². The van der Waals surface area contributed by atoms with Gasteiger partial charge in [-0.2, -0.15) is 0 Å². The summed E-state index contributed by atoms with van der Waals surface area (Å²) in [5.74, 6) is 0.600. The maximum Gasteiger partial charge on any atom is 0.169 e. The molecular weight excluding hydrogens is 266 g/mol. The lowest BCUT2D eigenvalue weighted by molar-refractivity contribution is 0.498. The molecule has 1 aromatic heterocycles. The van der Waals surface area contributed by atoms with Gasteiger partial charge in [0.2, 0.25) is 0 Å². The van der Waals surface area contributed by atoms with Gasteiger partial charge in [-0.25, -0.2) is 0 Å². The molecule has 0 amide bonds. The molecule has 0 spiro atoms. The number of rotatable bonds is 3. The molecule has 3 rings (SSSR count). The Morgan fingerprint density at radius 1 is 1.30 bits per heavy atom. The van der Waals surface area contributed by atoms with Crippen LogP contribution >= 0.6 is 12.2 Å². The number of aromatic nitrogens is 1. The summed E-state index contributed by atoms with van der Waals surface area (Å²) < 4.78 is 0. The van der Waals surface area contributed by atoms with Gasteiger partial charge in [0.25, 0.3) is 0 Å². The number of hydrogen-bond donors (Lipinski definition) is 2. The number of likely N-dealkylation sites (tertiary alicyclic amines) is 1. The maximum absolute atomic E-state index is 5.49. The largest absolute Gasteiger partial charge is 0.367 e. The Kier molecular flexibility index (Phi) is 4.02. The van der Waals surface area contributed by atoms with Crippen LogP contribution in [0.5, 0.6) is 0 Å². The van der Waals surface area contributed by atoms with Crippen LogP contribution in [0.15, 0.2) is 48.8 Å². The molecule has 1 fully saturated rings. The van der Waals surface area contributed by atoms with Crippen molar-refractivity contribution >= 4 is 17.3 Å². The highest BCUT2D eigenvalue weighted by Crippen LogP contribution is 2.26. The molecule has 1 aromatic carbocycles. The zero-order chi connectivity index (χ0) is 13.8. The van der Waals surface area contributed by atoms with Crippen molar-refractivity contribution < 1.29 is 0 Å². The fraction of sp³-hybridized carbons (Fsp3) is 0.312. The number of thiocarbonyl (C=S) groups is 1. The molecule has 4 heteroatoms. The van der Waals surface area contributed by atoms with E-state index in [-0.39, 0.29) is 0 Å². The monoisotopic (exact) mass is 285 g/mol. The van der Waals surface area contributed by atoms with Crippen molar-refractivity contribution in [2.24, 2.45) is 0 Å². The van der Waals surface area contributed by atoms with Crippen molar-refractivity contribution in [3.8, 4) is 0 Å². The Bertz CT molecular complexity index is 550. The second-order valence-electron chi connectivity index (χ2n) is 5.22. The van der Waals surface area contributed by atoms with Crippen LogP contribution in [0.2, 0.25) is 0 Å². The Morgan fingerprint density at radius 3 is 2.90 bits per heavy atom. The van der Waals surface area contributed by atoms with E-state index in [1.165, 1.54) is 17.5 Å². The first kappa shape index (κ1) is 13.2. The molecule has 0 aliphatic carbocycles. The van der Waals surface area contributed by atoms with Crippen molar-refractivity contribution in [1.82, 2.24) is 15.2 Å². The average molecular weight is 285 g/mol. The molecule has 0 radical (unpaired) electrons. The van der Waals surface area contributed by atoms with Gasteiger partial charge in [0.05, 0.1) is 0 Å². The van der Waals surface area contributed by atoms with Gasteiger partial charge >= 0.3 is 0 Å². The number of nitrogens with zero attached hydrogens (tertiary/aromatic N) is 1. The van der Waals surface area contributed by atoms with E-state index in [2.05, 4.69) is 51.6 Å². The van der Waals surface area contributed by atoms with E-state index in [0.717, 1.165) is 24.7 Å². The predicted molar refractivity (Wildman–Crippen MR) is 85.6 cm³/mol. The fourth-order valence-electron chi connectivity index (χ4n) is 2.70. The topological polar surface area (TPSA) is 31.1 Å². The summed E-state index contributed by atoms with van der Waals surface area (Å²) in [4.78, 5) is 5.33. The number of hydrogen-bond acceptors (Lipinski definition) is 1. The molecule has 0 saturated carbocycles. The van der Waals surface area contributed by atoms with Gasteiger partial charge in [0.15, 0.2) is 5.11 Å². The molecule has 1 saturated heterocycles. The lowest BCUT2D eigenvalue weighted by Crippen LogP contribution is -2.37. The maximum atomic E-state index is 5.49. The summed E-state index contributed by atoms with van der Waals surface area (Å²) in [5.41, 5.74) is 2.65. The van der Waals surface area contributed by atoms with Gasteiger partial charge in [0.1, 0.15) is 0 Å². The van der Waals surface area contributed by atoms with E-state index < -0.39 is 0 Å². The molecule has 1 unspecified atom stereocenters. The average Bonchev–Trinajstić information content (AvgIpc) is 3.17. The Morgan fingerprint density at radius 2 is 2.15 bits per heavy atom. The van der Waals surface area contributed by atoms with Crippen LogP contribution in [0.3, 0.4) is 0 Å². The van der Waals surface area contributed by atoms with Crippen molar-refractivity contribution in [2.75, 3.05) is 13.1 Å². The van der Waals surface area contributed by atoms with E-state index in [9.17, 15) is 0 Å². The van der Waals surface area contributed by atoms with Crippen LogP contribution in [0.25, 0.3) is 0 Å². The summed E-state index contributed by atoms with van der Waals surface area (Å²) in [6, 6.07) is 12.8. The quantitative estimate of drug-likeness (QED) is 0.850. The predicted octanol–water partition coefficient (Wildman–Crippen LogP) is 2.88. The van der Waals surface area contributed by atoms with Crippen LogP contribution in [0, 0.1) is 0 Å². The van der Waals surface area contributed by atoms with Gasteiger partial charge in [0, 0.05) is 37.9 Å². The van der Waals surface area contributed by atoms with Crippen LogP contribution < -0.4 is 5.32 Å². The van der Waals surface area contributed by atoms with Crippen LogP contribution in [-0.2, 0) is 6.54 Å². The molecule has 1 aliphatic rings. The third-order valence-electron chi connectivity index (χ3n) is 3.85. The van der Waals surface area contributed by atoms with Crippen molar-refractivity contribution in [3.63, 3.8) is 0 Å². The minimum Gasteiger partial charge on any atom is -0.367 e. The molecule has 20 heavy (non-hydrogen) atoms. The van der Waals surface area contributed by atoms with Gasteiger partial charge in [-0.3, -0.25) is 0 Å². The standard InChI is InChI=1S/C16H19N3S/c20-16(18-11-13-6-8-17-10-13)19-9-7-15(12-19)14-4-2-1-3-5-14/h1-6,8,10,15,17H,7,9,11-12H2,(H,18,20). The first-order valence-corrected chi connectivity index (χ1v) is 7.43. The SMILES string of the molecule is S=C(NCc1cc[nH]c1)N1CCC(c2ccccc2)C1. The van der Waals surface area contributed by atoms with Crippen LogP contribution in [-0.4, -0.2) is 28.1 Å². The van der Waals surface area contributed by atoms with Gasteiger partial charge < -0.3 is 15.2 Å². The van der Waals surface area contributed by atoms with Crippen molar-refractivity contribution in [1.29, 1.82) is 0 Å². The molecule has 104 valence electrons. The van der Waals surface area contributed by atoms with Crippen LogP contribution in [0.1, 0.15) is 23.5 Å². The summed E-state index contributed by atoms with van der Waals surface area (Å²) >= 11 is 5.49. The fourth-order valence-corrected chi connectivity index (χ4v) is 2.94. The highest BCUT2D eigenvalue weighted by atomic mass is 32.1. The molecule has 1 aliphatic heterocycles. The lowest BCUT2D eigenvalue weighted by Gasteiger charge is -2.20. The number of H-pyrrole nitrogens is 1. The third-order valence-corrected chi connectivity index (χ3v) is 4.26. The molecule has 2 N–H and O–H groups in total. The first-order valence-electron chi connectivity index (χ1n) is 7.02. The summed E-state index contributed by atoms with van der Waals surface area (Å²) in [5, 5.41) is 4.20. The van der Waals surface area contributed by atoms with Crippen LogP contribution in [0.4, 0.5) is 0 Å². The smallest absolute Gasteiger partial charge is 0.169 e. The zero-order valence-electron chi connectivity index (χ0n) is 11.4. The Labute approximate surface area is 125 Å². The summed E-state index contributed by atoms with van der Waals surface area (Å²) in [6.07, 6.45) is 5.10. The minimum absolute atomic E-state index is 0.600. The second kappa shape index (κ2) is 6.09. The van der Waals surface area contributed by atoms with E-state index in [1.807, 2.05) is 12.4 Å². The first-order chi connectivity index (χ1) is 9.83. The number of aromatic amines is 1. The molecule has 2 heterocycles. The summed E-state index contributed by atoms with van der Waals surface area (Å²) in [6.45, 7) is 2.84. The van der Waals surface area contributed by atoms with Gasteiger partial charge in [-0.15, -0.1) is 0 Å². The molecule has 3 nitrogen and oxygen atoms in total. The number of benzene rings is 1. The normalized spacial score (nSPS) is 18.2. The molecule has 2 aromatic rings. The Balaban J connectivity index is 1.53. The third kappa shape index (κ3) is 3.02. The van der Waals surface area contributed by atoms with E-state index >= 15 is 0 Å². The summed E-state index contributed by atoms with van der Waals surface area (Å²) in [7, 11) is 0. The molecule has 1 atom stereocenters. The lowest BCUT2D eigenvalue weighted by atomic mass is 9.99.